The molecule has 0 bridgehead atoms. The Bertz CT molecular complexity index is 278. The molecule has 72 valence electrons. The number of aliphatic hydroxyl groups is 1. The maximum absolute atomic E-state index is 9.07. The van der Waals surface area contributed by atoms with E-state index >= 15 is 0 Å². The number of aromatic nitrogens is 2. The summed E-state index contributed by atoms with van der Waals surface area (Å²) in [6, 6.07) is 0.638. The maximum Gasteiger partial charge on any atom is 0.296 e. The van der Waals surface area contributed by atoms with Crippen LogP contribution in [0.2, 0.25) is 0 Å². The van der Waals surface area contributed by atoms with Crippen LogP contribution in [0.4, 0.5) is 0 Å². The van der Waals surface area contributed by atoms with Gasteiger partial charge in [-0.2, -0.15) is 4.98 Å². The lowest BCUT2D eigenvalue weighted by Crippen LogP contribution is -2.11. The summed E-state index contributed by atoms with van der Waals surface area (Å²) < 4.78 is 7.20. The third kappa shape index (κ3) is 1.31. The van der Waals surface area contributed by atoms with Gasteiger partial charge in [0, 0.05) is 12.2 Å². The summed E-state index contributed by atoms with van der Waals surface area (Å²) in [4.78, 5) is 4.22. The number of nitrogens with zero attached hydrogens (tertiary/aromatic N) is 2. The molecule has 0 amide bonds. The molecule has 13 heavy (non-hydrogen) atoms. The fraction of sp³-hybridized carbons (Fsp3) is 0.667. The Balaban J connectivity index is 2.44. The molecule has 0 saturated carbocycles. The maximum atomic E-state index is 9.07. The highest BCUT2D eigenvalue weighted by Gasteiger charge is 2.19. The first-order valence-electron chi connectivity index (χ1n) is 4.60. The highest BCUT2D eigenvalue weighted by molar-refractivity contribution is 5.21. The van der Waals surface area contributed by atoms with E-state index in [0.717, 1.165) is 24.4 Å². The Kier molecular flexibility index (Phi) is 2.22. The molecule has 4 heteroatoms. The van der Waals surface area contributed by atoms with Crippen LogP contribution in [0.15, 0.2) is 0 Å². The predicted molar refractivity (Wildman–Crippen MR) is 47.6 cm³/mol. The zero-order chi connectivity index (χ0) is 9.26. The van der Waals surface area contributed by atoms with Crippen LogP contribution in [0.3, 0.4) is 0 Å². The Morgan fingerprint density at radius 1 is 1.54 bits per heavy atom. The summed E-state index contributed by atoms with van der Waals surface area (Å²) in [7, 11) is 1.62. The summed E-state index contributed by atoms with van der Waals surface area (Å²) in [6.45, 7) is 0.976. The fourth-order valence-corrected chi connectivity index (χ4v) is 1.87. The van der Waals surface area contributed by atoms with Crippen molar-refractivity contribution in [1.29, 1.82) is 0 Å². The lowest BCUT2D eigenvalue weighted by molar-refractivity contribution is 0.274. The van der Waals surface area contributed by atoms with Crippen LogP contribution in [-0.2, 0) is 19.6 Å². The second-order valence-electron chi connectivity index (χ2n) is 3.26. The number of ether oxygens (including phenoxy) is 1. The van der Waals surface area contributed by atoms with Gasteiger partial charge in [0.25, 0.3) is 6.01 Å². The fourth-order valence-electron chi connectivity index (χ4n) is 1.87. The van der Waals surface area contributed by atoms with Crippen molar-refractivity contribution in [2.24, 2.45) is 0 Å². The molecule has 2 rings (SSSR count). The van der Waals surface area contributed by atoms with Crippen molar-refractivity contribution < 1.29 is 9.84 Å². The van der Waals surface area contributed by atoms with E-state index in [1.165, 1.54) is 12.8 Å². The Hall–Kier alpha value is -1.03. The van der Waals surface area contributed by atoms with Crippen molar-refractivity contribution in [2.45, 2.75) is 32.4 Å². The Morgan fingerprint density at radius 3 is 3.08 bits per heavy atom. The van der Waals surface area contributed by atoms with E-state index in [9.17, 15) is 0 Å². The van der Waals surface area contributed by atoms with Crippen molar-refractivity contribution in [3.05, 3.63) is 11.4 Å². The number of rotatable bonds is 2. The molecule has 0 radical (unpaired) electrons. The number of hydrogen-bond acceptors (Lipinski definition) is 3. The van der Waals surface area contributed by atoms with Crippen molar-refractivity contribution in [3.8, 4) is 6.01 Å². The van der Waals surface area contributed by atoms with E-state index in [2.05, 4.69) is 9.55 Å². The number of hydrogen-bond donors (Lipinski definition) is 1. The molecule has 1 aromatic heterocycles. The van der Waals surface area contributed by atoms with Gasteiger partial charge in [0.2, 0.25) is 0 Å². The van der Waals surface area contributed by atoms with Crippen LogP contribution in [0.25, 0.3) is 0 Å². The molecule has 0 fully saturated rings. The van der Waals surface area contributed by atoms with Crippen LogP contribution in [-0.4, -0.2) is 21.8 Å². The molecule has 0 atom stereocenters. The summed E-state index contributed by atoms with van der Waals surface area (Å²) >= 11 is 0. The van der Waals surface area contributed by atoms with Crippen molar-refractivity contribution in [1.82, 2.24) is 9.55 Å². The molecule has 0 spiro atoms. The standard InChI is InChI=1S/C9H14N2O2/c1-13-9-10-7(6-12)8-4-2-3-5-11(8)9/h12H,2-6H2,1H3. The molecule has 2 heterocycles. The van der Waals surface area contributed by atoms with Gasteiger partial charge in [0.15, 0.2) is 0 Å². The molecule has 1 N–H and O–H groups in total. The minimum atomic E-state index is 0.0126. The van der Waals surface area contributed by atoms with Crippen LogP contribution in [0.1, 0.15) is 24.2 Å². The molecule has 0 aromatic carbocycles. The number of imidazole rings is 1. The second-order valence-corrected chi connectivity index (χ2v) is 3.26. The minimum absolute atomic E-state index is 0.0126. The van der Waals surface area contributed by atoms with Crippen molar-refractivity contribution in [3.63, 3.8) is 0 Å². The Morgan fingerprint density at radius 2 is 2.38 bits per heavy atom. The van der Waals surface area contributed by atoms with Crippen LogP contribution >= 0.6 is 0 Å². The summed E-state index contributed by atoms with van der Waals surface area (Å²) in [5.41, 5.74) is 1.92. The summed E-state index contributed by atoms with van der Waals surface area (Å²) in [5, 5.41) is 9.07. The van der Waals surface area contributed by atoms with Crippen molar-refractivity contribution >= 4 is 0 Å². The molecule has 0 saturated heterocycles. The largest absolute Gasteiger partial charge is 0.468 e. The highest BCUT2D eigenvalue weighted by Crippen LogP contribution is 2.24. The molecule has 1 aliphatic heterocycles. The molecule has 1 aromatic rings. The quantitative estimate of drug-likeness (QED) is 0.733. The zero-order valence-corrected chi connectivity index (χ0v) is 7.79. The number of aliphatic hydroxyl groups excluding tert-OH is 1. The normalized spacial score (nSPS) is 15.5. The molecule has 0 aliphatic carbocycles. The smallest absolute Gasteiger partial charge is 0.296 e. The van der Waals surface area contributed by atoms with Gasteiger partial charge in [-0.25, -0.2) is 0 Å². The number of fused-ring (bicyclic) bond motifs is 1. The summed E-state index contributed by atoms with van der Waals surface area (Å²) in [5.74, 6) is 0. The van der Waals surface area contributed by atoms with E-state index in [0.29, 0.717) is 6.01 Å². The highest BCUT2D eigenvalue weighted by atomic mass is 16.5. The molecular weight excluding hydrogens is 168 g/mol. The van der Waals surface area contributed by atoms with Gasteiger partial charge in [0.05, 0.1) is 19.4 Å². The van der Waals surface area contributed by atoms with Gasteiger partial charge in [-0.1, -0.05) is 0 Å². The lowest BCUT2D eigenvalue weighted by Gasteiger charge is -2.15. The average molecular weight is 182 g/mol. The summed E-state index contributed by atoms with van der Waals surface area (Å²) in [6.07, 6.45) is 3.36. The molecule has 1 aliphatic rings. The SMILES string of the molecule is COc1nc(CO)c2n1CCCC2. The topological polar surface area (TPSA) is 47.3 Å². The third-order valence-electron chi connectivity index (χ3n) is 2.50. The van der Waals surface area contributed by atoms with E-state index in [4.69, 9.17) is 9.84 Å². The van der Waals surface area contributed by atoms with Gasteiger partial charge in [0.1, 0.15) is 0 Å². The van der Waals surface area contributed by atoms with E-state index in [1.54, 1.807) is 7.11 Å². The van der Waals surface area contributed by atoms with Crippen LogP contribution < -0.4 is 4.74 Å². The average Bonchev–Trinajstić information content (AvgIpc) is 2.56. The lowest BCUT2D eigenvalue weighted by atomic mass is 10.1. The van der Waals surface area contributed by atoms with Crippen LogP contribution in [0.5, 0.6) is 6.01 Å². The minimum Gasteiger partial charge on any atom is -0.468 e. The first-order chi connectivity index (χ1) is 6.36. The first kappa shape index (κ1) is 8.56. The molecule has 4 nitrogen and oxygen atoms in total. The van der Waals surface area contributed by atoms with Gasteiger partial charge in [-0.05, 0) is 19.3 Å². The van der Waals surface area contributed by atoms with Crippen molar-refractivity contribution in [2.75, 3.05) is 7.11 Å². The van der Waals surface area contributed by atoms with Gasteiger partial charge >= 0.3 is 0 Å². The first-order valence-corrected chi connectivity index (χ1v) is 4.60. The monoisotopic (exact) mass is 182 g/mol. The molecular formula is C9H14N2O2. The zero-order valence-electron chi connectivity index (χ0n) is 7.79. The van der Waals surface area contributed by atoms with Gasteiger partial charge in [-0.3, -0.25) is 4.57 Å². The van der Waals surface area contributed by atoms with Crippen LogP contribution in [0, 0.1) is 0 Å². The van der Waals surface area contributed by atoms with Gasteiger partial charge in [-0.15, -0.1) is 0 Å². The van der Waals surface area contributed by atoms with E-state index in [1.807, 2.05) is 0 Å². The number of methoxy groups -OCH3 is 1. The second kappa shape index (κ2) is 3.38. The van der Waals surface area contributed by atoms with E-state index in [-0.39, 0.29) is 6.61 Å². The van der Waals surface area contributed by atoms with E-state index < -0.39 is 0 Å². The molecule has 0 unspecified atom stereocenters. The third-order valence-corrected chi connectivity index (χ3v) is 2.50. The van der Waals surface area contributed by atoms with Gasteiger partial charge < -0.3 is 9.84 Å². The predicted octanol–water partition coefficient (Wildman–Crippen LogP) is 0.720. The Labute approximate surface area is 77.2 Å².